The van der Waals surface area contributed by atoms with Crippen LogP contribution in [0.15, 0.2) is 18.2 Å². The van der Waals surface area contributed by atoms with E-state index in [9.17, 15) is 15.0 Å². The average Bonchev–Trinajstić information content (AvgIpc) is 2.62. The number of aromatic hydroxyl groups is 2. The number of carbonyl (C=O) groups excluding carboxylic acids is 1. The Bertz CT molecular complexity index is 490. The van der Waals surface area contributed by atoms with Gasteiger partial charge in [-0.2, -0.15) is 0 Å². The molecule has 20 heavy (non-hydrogen) atoms. The second kappa shape index (κ2) is 6.13. The van der Waals surface area contributed by atoms with Crippen molar-refractivity contribution < 1.29 is 15.0 Å². The average molecular weight is 278 g/mol. The summed E-state index contributed by atoms with van der Waals surface area (Å²) in [5.74, 6) is -0.790. The monoisotopic (exact) mass is 278 g/mol. The molecule has 5 heteroatoms. The highest BCUT2D eigenvalue weighted by Gasteiger charge is 2.28. The maximum Gasteiger partial charge on any atom is 0.258 e. The number of carbonyl (C=O) groups is 1. The van der Waals surface area contributed by atoms with Crippen molar-refractivity contribution >= 4 is 5.91 Å². The lowest BCUT2D eigenvalue weighted by atomic mass is 10.1. The fraction of sp³-hybridized carbons (Fsp3) is 0.533. The molecule has 0 radical (unpaired) electrons. The highest BCUT2D eigenvalue weighted by molar-refractivity contribution is 5.97. The predicted molar refractivity (Wildman–Crippen MR) is 77.0 cm³/mol. The fourth-order valence-electron chi connectivity index (χ4n) is 2.72. The molecule has 0 saturated carbocycles. The summed E-state index contributed by atoms with van der Waals surface area (Å²) in [5.41, 5.74) is 0.174. The maximum atomic E-state index is 12.6. The van der Waals surface area contributed by atoms with E-state index in [1.807, 2.05) is 4.90 Å². The van der Waals surface area contributed by atoms with Crippen molar-refractivity contribution in [3.05, 3.63) is 23.8 Å². The molecule has 2 rings (SSSR count). The highest BCUT2D eigenvalue weighted by Crippen LogP contribution is 2.30. The second-order valence-corrected chi connectivity index (χ2v) is 5.35. The summed E-state index contributed by atoms with van der Waals surface area (Å²) in [7, 11) is 2.06. The van der Waals surface area contributed by atoms with Crippen molar-refractivity contribution in [2.24, 2.45) is 0 Å². The Morgan fingerprint density at radius 3 is 2.80 bits per heavy atom. The standard InChI is InChI=1S/C15H22N2O3/c1-3-11-10-16(2)8-5-9-17(11)15(20)12-6-4-7-13(18)14(12)19/h4,6-7,11,18-19H,3,5,8-10H2,1-2H3. The summed E-state index contributed by atoms with van der Waals surface area (Å²) in [5, 5.41) is 19.4. The topological polar surface area (TPSA) is 64.0 Å². The van der Waals surface area contributed by atoms with Gasteiger partial charge in [-0.05, 0) is 38.6 Å². The van der Waals surface area contributed by atoms with Gasteiger partial charge in [0.25, 0.3) is 5.91 Å². The molecule has 1 amide bonds. The first-order chi connectivity index (χ1) is 9.54. The maximum absolute atomic E-state index is 12.6. The Labute approximate surface area is 119 Å². The first kappa shape index (κ1) is 14.7. The molecule has 1 atom stereocenters. The number of phenols is 2. The lowest BCUT2D eigenvalue weighted by molar-refractivity contribution is 0.0672. The zero-order chi connectivity index (χ0) is 14.7. The molecule has 1 saturated heterocycles. The van der Waals surface area contributed by atoms with Crippen LogP contribution in [0.3, 0.4) is 0 Å². The van der Waals surface area contributed by atoms with E-state index in [1.54, 1.807) is 12.1 Å². The molecule has 1 aromatic rings. The van der Waals surface area contributed by atoms with Crippen molar-refractivity contribution in [1.29, 1.82) is 0 Å². The second-order valence-electron chi connectivity index (χ2n) is 5.35. The molecule has 1 fully saturated rings. The van der Waals surface area contributed by atoms with Gasteiger partial charge < -0.3 is 20.0 Å². The van der Waals surface area contributed by atoms with Crippen molar-refractivity contribution in [2.75, 3.05) is 26.7 Å². The Morgan fingerprint density at radius 1 is 1.35 bits per heavy atom. The van der Waals surface area contributed by atoms with Crippen LogP contribution < -0.4 is 0 Å². The van der Waals surface area contributed by atoms with Crippen LogP contribution in [0, 0.1) is 0 Å². The van der Waals surface area contributed by atoms with E-state index in [0.29, 0.717) is 6.54 Å². The SMILES string of the molecule is CCC1CN(C)CCCN1C(=O)c1cccc(O)c1O. The number of rotatable bonds is 2. The lowest BCUT2D eigenvalue weighted by Gasteiger charge is -2.30. The number of nitrogens with zero attached hydrogens (tertiary/aromatic N) is 2. The zero-order valence-electron chi connectivity index (χ0n) is 12.0. The smallest absolute Gasteiger partial charge is 0.258 e. The molecule has 1 aliphatic heterocycles. The van der Waals surface area contributed by atoms with E-state index in [1.165, 1.54) is 6.07 Å². The van der Waals surface area contributed by atoms with Gasteiger partial charge in [-0.3, -0.25) is 4.79 Å². The Hall–Kier alpha value is -1.75. The van der Waals surface area contributed by atoms with Gasteiger partial charge in [-0.25, -0.2) is 0 Å². The van der Waals surface area contributed by atoms with Crippen LogP contribution in [-0.4, -0.2) is 58.6 Å². The van der Waals surface area contributed by atoms with Gasteiger partial charge in [0.05, 0.1) is 5.56 Å². The molecular weight excluding hydrogens is 256 g/mol. The number of hydrogen-bond donors (Lipinski definition) is 2. The van der Waals surface area contributed by atoms with E-state index in [2.05, 4.69) is 18.9 Å². The number of amides is 1. The molecular formula is C15H22N2O3. The summed E-state index contributed by atoms with van der Waals surface area (Å²) in [6, 6.07) is 4.64. The number of hydrogen-bond acceptors (Lipinski definition) is 4. The van der Waals surface area contributed by atoms with Crippen molar-refractivity contribution in [3.8, 4) is 11.5 Å². The van der Waals surface area contributed by atoms with Gasteiger partial charge in [-0.15, -0.1) is 0 Å². The largest absolute Gasteiger partial charge is 0.504 e. The molecule has 1 unspecified atom stereocenters. The fourth-order valence-corrected chi connectivity index (χ4v) is 2.72. The van der Waals surface area contributed by atoms with Crippen LogP contribution in [0.1, 0.15) is 30.1 Å². The van der Waals surface area contributed by atoms with Gasteiger partial charge in [0.15, 0.2) is 11.5 Å². The third-order valence-electron chi connectivity index (χ3n) is 3.88. The quantitative estimate of drug-likeness (QED) is 0.808. The van der Waals surface area contributed by atoms with Crippen LogP contribution in [-0.2, 0) is 0 Å². The number of likely N-dealkylation sites (N-methyl/N-ethyl adjacent to an activating group) is 1. The summed E-state index contributed by atoms with van der Waals surface area (Å²) in [4.78, 5) is 16.7. The summed E-state index contributed by atoms with van der Waals surface area (Å²) >= 11 is 0. The molecule has 0 aliphatic carbocycles. The molecule has 5 nitrogen and oxygen atoms in total. The van der Waals surface area contributed by atoms with E-state index in [-0.39, 0.29) is 29.0 Å². The summed E-state index contributed by atoms with van der Waals surface area (Å²) < 4.78 is 0. The van der Waals surface area contributed by atoms with E-state index in [0.717, 1.165) is 25.9 Å². The number of benzene rings is 1. The van der Waals surface area contributed by atoms with Crippen LogP contribution in [0.5, 0.6) is 11.5 Å². The van der Waals surface area contributed by atoms with Gasteiger partial charge in [-0.1, -0.05) is 13.0 Å². The Kier molecular flexibility index (Phi) is 4.49. The lowest BCUT2D eigenvalue weighted by Crippen LogP contribution is -2.43. The number of para-hydroxylation sites is 1. The highest BCUT2D eigenvalue weighted by atomic mass is 16.3. The van der Waals surface area contributed by atoms with Crippen LogP contribution in [0.2, 0.25) is 0 Å². The molecule has 2 N–H and O–H groups in total. The molecule has 0 aromatic heterocycles. The molecule has 1 aromatic carbocycles. The third-order valence-corrected chi connectivity index (χ3v) is 3.88. The van der Waals surface area contributed by atoms with Gasteiger partial charge in [0.2, 0.25) is 0 Å². The van der Waals surface area contributed by atoms with Gasteiger partial charge >= 0.3 is 0 Å². The van der Waals surface area contributed by atoms with Crippen molar-refractivity contribution in [2.45, 2.75) is 25.8 Å². The predicted octanol–water partition coefficient (Wildman–Crippen LogP) is 1.65. The number of phenolic OH excluding ortho intramolecular Hbond substituents is 2. The van der Waals surface area contributed by atoms with E-state index < -0.39 is 0 Å². The zero-order valence-corrected chi connectivity index (χ0v) is 12.0. The van der Waals surface area contributed by atoms with Gasteiger partial charge in [0, 0.05) is 19.1 Å². The normalized spacial score (nSPS) is 20.7. The minimum Gasteiger partial charge on any atom is -0.504 e. The minimum atomic E-state index is -0.329. The summed E-state index contributed by atoms with van der Waals surface area (Å²) in [6.45, 7) is 4.54. The molecule has 0 spiro atoms. The van der Waals surface area contributed by atoms with Crippen LogP contribution in [0.4, 0.5) is 0 Å². The van der Waals surface area contributed by atoms with Crippen molar-refractivity contribution in [3.63, 3.8) is 0 Å². The van der Waals surface area contributed by atoms with Gasteiger partial charge in [0.1, 0.15) is 0 Å². The molecule has 1 heterocycles. The molecule has 0 bridgehead atoms. The molecule has 1 aliphatic rings. The van der Waals surface area contributed by atoms with E-state index in [4.69, 9.17) is 0 Å². The van der Waals surface area contributed by atoms with Crippen molar-refractivity contribution in [1.82, 2.24) is 9.80 Å². The first-order valence-corrected chi connectivity index (χ1v) is 7.05. The third kappa shape index (κ3) is 2.88. The van der Waals surface area contributed by atoms with E-state index >= 15 is 0 Å². The van der Waals surface area contributed by atoms with Crippen LogP contribution in [0.25, 0.3) is 0 Å². The first-order valence-electron chi connectivity index (χ1n) is 7.05. The minimum absolute atomic E-state index is 0.136. The summed E-state index contributed by atoms with van der Waals surface area (Å²) in [6.07, 6.45) is 1.79. The Morgan fingerprint density at radius 2 is 2.10 bits per heavy atom. The Balaban J connectivity index is 2.28. The molecule has 110 valence electrons. The van der Waals surface area contributed by atoms with Crippen LogP contribution >= 0.6 is 0 Å².